The fourth-order valence-corrected chi connectivity index (χ4v) is 2.79. The molecule has 3 aromatic carbocycles. The van der Waals surface area contributed by atoms with Gasteiger partial charge in [-0.3, -0.25) is 4.79 Å². The third kappa shape index (κ3) is 6.18. The highest BCUT2D eigenvalue weighted by molar-refractivity contribution is 6.09. The molecular weight excluding hydrogens is 395 g/mol. The van der Waals surface area contributed by atoms with Gasteiger partial charge in [-0.2, -0.15) is 5.26 Å². The Bertz CT molecular complexity index is 1120. The Kier molecular flexibility index (Phi) is 7.39. The number of hydrogen-bond acceptors (Lipinski definition) is 4. The quantitative estimate of drug-likeness (QED) is 0.397. The second-order valence-electron chi connectivity index (χ2n) is 6.53. The van der Waals surface area contributed by atoms with E-state index in [-0.39, 0.29) is 18.0 Å². The molecular formula is C25H21FN2O3. The molecule has 0 aliphatic carbocycles. The van der Waals surface area contributed by atoms with E-state index in [1.165, 1.54) is 12.1 Å². The molecule has 0 radical (unpaired) electrons. The molecule has 31 heavy (non-hydrogen) atoms. The number of halogens is 1. The third-order valence-electron chi connectivity index (χ3n) is 4.31. The van der Waals surface area contributed by atoms with Gasteiger partial charge in [-0.1, -0.05) is 30.3 Å². The molecule has 156 valence electrons. The average Bonchev–Trinajstić information content (AvgIpc) is 2.78. The van der Waals surface area contributed by atoms with Crippen LogP contribution in [0.2, 0.25) is 0 Å². The maximum atomic E-state index is 13.7. The van der Waals surface area contributed by atoms with Crippen molar-refractivity contribution in [1.29, 1.82) is 5.26 Å². The van der Waals surface area contributed by atoms with Crippen LogP contribution in [0, 0.1) is 17.1 Å². The van der Waals surface area contributed by atoms with Crippen LogP contribution in [0.5, 0.6) is 11.5 Å². The van der Waals surface area contributed by atoms with Gasteiger partial charge in [0, 0.05) is 11.3 Å². The van der Waals surface area contributed by atoms with E-state index in [4.69, 9.17) is 9.47 Å². The molecule has 0 atom stereocenters. The van der Waals surface area contributed by atoms with Gasteiger partial charge >= 0.3 is 0 Å². The maximum Gasteiger partial charge on any atom is 0.266 e. The highest BCUT2D eigenvalue weighted by atomic mass is 19.1. The van der Waals surface area contributed by atoms with E-state index in [1.807, 2.05) is 13.0 Å². The van der Waals surface area contributed by atoms with Crippen LogP contribution < -0.4 is 14.8 Å². The second-order valence-corrected chi connectivity index (χ2v) is 6.53. The number of hydrogen-bond donors (Lipinski definition) is 1. The first-order valence-corrected chi connectivity index (χ1v) is 9.71. The molecule has 0 saturated carbocycles. The molecule has 0 heterocycles. The maximum absolute atomic E-state index is 13.7. The van der Waals surface area contributed by atoms with Crippen molar-refractivity contribution in [2.75, 3.05) is 11.9 Å². The molecule has 0 fully saturated rings. The molecule has 3 aromatic rings. The molecule has 3 rings (SSSR count). The Morgan fingerprint density at radius 2 is 1.81 bits per heavy atom. The van der Waals surface area contributed by atoms with E-state index < -0.39 is 5.91 Å². The number of benzene rings is 3. The zero-order valence-electron chi connectivity index (χ0n) is 17.0. The fourth-order valence-electron chi connectivity index (χ4n) is 2.79. The van der Waals surface area contributed by atoms with Crippen LogP contribution in [-0.2, 0) is 11.4 Å². The second kappa shape index (κ2) is 10.6. The lowest BCUT2D eigenvalue weighted by Crippen LogP contribution is -2.13. The Labute approximate surface area is 180 Å². The Morgan fingerprint density at radius 3 is 2.52 bits per heavy atom. The van der Waals surface area contributed by atoms with Crippen molar-refractivity contribution in [2.45, 2.75) is 13.5 Å². The Hall–Kier alpha value is -4.11. The molecule has 1 N–H and O–H groups in total. The monoisotopic (exact) mass is 416 g/mol. The highest BCUT2D eigenvalue weighted by Gasteiger charge is 2.10. The van der Waals surface area contributed by atoms with Crippen molar-refractivity contribution >= 4 is 17.7 Å². The van der Waals surface area contributed by atoms with Crippen molar-refractivity contribution in [1.82, 2.24) is 0 Å². The van der Waals surface area contributed by atoms with Gasteiger partial charge in [0.1, 0.15) is 35.6 Å². The number of amides is 1. The number of carbonyl (C=O) groups excluding carboxylic acids is 1. The first-order chi connectivity index (χ1) is 15.1. The molecule has 0 unspecified atom stereocenters. The number of anilines is 1. The normalized spacial score (nSPS) is 10.8. The van der Waals surface area contributed by atoms with Crippen molar-refractivity contribution in [3.63, 3.8) is 0 Å². The van der Waals surface area contributed by atoms with E-state index >= 15 is 0 Å². The van der Waals surface area contributed by atoms with Crippen molar-refractivity contribution in [3.8, 4) is 17.6 Å². The summed E-state index contributed by atoms with van der Waals surface area (Å²) in [6, 6.07) is 22.1. The highest BCUT2D eigenvalue weighted by Crippen LogP contribution is 2.20. The SMILES string of the molecule is CCOc1ccc(NC(=O)/C(C#N)=C\c2cccc(OCc3ccccc3F)c2)cc1. The van der Waals surface area contributed by atoms with Gasteiger partial charge in [-0.15, -0.1) is 0 Å². The number of nitrogens with zero attached hydrogens (tertiary/aromatic N) is 1. The van der Waals surface area contributed by atoms with Gasteiger partial charge < -0.3 is 14.8 Å². The molecule has 0 spiro atoms. The minimum absolute atomic E-state index is 0.0554. The smallest absolute Gasteiger partial charge is 0.266 e. The number of rotatable bonds is 8. The lowest BCUT2D eigenvalue weighted by Gasteiger charge is -2.08. The summed E-state index contributed by atoms with van der Waals surface area (Å²) in [7, 11) is 0. The largest absolute Gasteiger partial charge is 0.494 e. The zero-order chi connectivity index (χ0) is 22.1. The standard InChI is InChI=1S/C25H21FN2O3/c1-2-30-22-12-10-21(11-13-22)28-25(29)20(16-27)14-18-6-5-8-23(15-18)31-17-19-7-3-4-9-24(19)26/h3-15H,2,17H2,1H3,(H,28,29)/b20-14-. The van der Waals surface area contributed by atoms with Crippen molar-refractivity contribution in [3.05, 3.63) is 95.3 Å². The summed E-state index contributed by atoms with van der Waals surface area (Å²) in [4.78, 5) is 12.5. The van der Waals surface area contributed by atoms with Crippen LogP contribution in [0.4, 0.5) is 10.1 Å². The zero-order valence-corrected chi connectivity index (χ0v) is 17.0. The summed E-state index contributed by atoms with van der Waals surface area (Å²) < 4.78 is 24.8. The van der Waals surface area contributed by atoms with E-state index in [0.29, 0.717) is 34.9 Å². The molecule has 0 aliphatic heterocycles. The lowest BCUT2D eigenvalue weighted by molar-refractivity contribution is -0.112. The van der Waals surface area contributed by atoms with Gasteiger partial charge in [0.05, 0.1) is 6.61 Å². The number of carbonyl (C=O) groups is 1. The van der Waals surface area contributed by atoms with Crippen molar-refractivity contribution in [2.24, 2.45) is 0 Å². The number of ether oxygens (including phenoxy) is 2. The minimum atomic E-state index is -0.524. The van der Waals surface area contributed by atoms with Crippen LogP contribution in [-0.4, -0.2) is 12.5 Å². The van der Waals surface area contributed by atoms with Crippen LogP contribution >= 0.6 is 0 Å². The van der Waals surface area contributed by atoms with Gasteiger partial charge in [0.2, 0.25) is 0 Å². The Morgan fingerprint density at radius 1 is 1.03 bits per heavy atom. The van der Waals surface area contributed by atoms with Crippen LogP contribution in [0.1, 0.15) is 18.1 Å². The van der Waals surface area contributed by atoms with E-state index in [1.54, 1.807) is 66.7 Å². The van der Waals surface area contributed by atoms with Gasteiger partial charge in [-0.25, -0.2) is 4.39 Å². The van der Waals surface area contributed by atoms with E-state index in [0.717, 1.165) is 0 Å². The first kappa shape index (κ1) is 21.6. The lowest BCUT2D eigenvalue weighted by atomic mass is 10.1. The molecule has 0 bridgehead atoms. The molecule has 1 amide bonds. The van der Waals surface area contributed by atoms with Gasteiger partial charge in [-0.05, 0) is 61.0 Å². The first-order valence-electron chi connectivity index (χ1n) is 9.71. The predicted molar refractivity (Wildman–Crippen MR) is 117 cm³/mol. The Balaban J connectivity index is 1.68. The minimum Gasteiger partial charge on any atom is -0.494 e. The summed E-state index contributed by atoms with van der Waals surface area (Å²) in [6.45, 7) is 2.51. The summed E-state index contributed by atoms with van der Waals surface area (Å²) in [5.74, 6) is 0.338. The van der Waals surface area contributed by atoms with Gasteiger partial charge in [0.15, 0.2) is 0 Å². The molecule has 0 aliphatic rings. The average molecular weight is 416 g/mol. The van der Waals surface area contributed by atoms with Crippen LogP contribution in [0.3, 0.4) is 0 Å². The third-order valence-corrected chi connectivity index (χ3v) is 4.31. The van der Waals surface area contributed by atoms with E-state index in [2.05, 4.69) is 5.32 Å². The number of nitrogens with one attached hydrogen (secondary N) is 1. The van der Waals surface area contributed by atoms with Crippen molar-refractivity contribution < 1.29 is 18.7 Å². The summed E-state index contributed by atoms with van der Waals surface area (Å²) in [5.41, 5.74) is 1.55. The molecule has 6 heteroatoms. The fraction of sp³-hybridized carbons (Fsp3) is 0.120. The summed E-state index contributed by atoms with van der Waals surface area (Å²) in [6.07, 6.45) is 1.47. The van der Waals surface area contributed by atoms with Crippen LogP contribution in [0.25, 0.3) is 6.08 Å². The van der Waals surface area contributed by atoms with E-state index in [9.17, 15) is 14.4 Å². The van der Waals surface area contributed by atoms with Crippen LogP contribution in [0.15, 0.2) is 78.4 Å². The molecule has 5 nitrogen and oxygen atoms in total. The summed E-state index contributed by atoms with van der Waals surface area (Å²) in [5, 5.41) is 12.1. The number of nitriles is 1. The predicted octanol–water partition coefficient (Wildman–Crippen LogP) is 5.35. The molecule has 0 saturated heterocycles. The topological polar surface area (TPSA) is 71.3 Å². The molecule has 0 aromatic heterocycles. The van der Waals surface area contributed by atoms with Gasteiger partial charge in [0.25, 0.3) is 5.91 Å². The summed E-state index contributed by atoms with van der Waals surface area (Å²) >= 11 is 0.